The van der Waals surface area contributed by atoms with Gasteiger partial charge in [0.2, 0.25) is 11.9 Å². The molecule has 10 nitrogen and oxygen atoms in total. The van der Waals surface area contributed by atoms with Crippen LogP contribution < -0.4 is 30.5 Å². The Morgan fingerprint density at radius 1 is 1.23 bits per heavy atom. The van der Waals surface area contributed by atoms with Gasteiger partial charge in [-0.05, 0) is 57.4 Å². The minimum absolute atomic E-state index is 0.0223. The average Bonchev–Trinajstić information content (AvgIpc) is 3.07. The van der Waals surface area contributed by atoms with Gasteiger partial charge >= 0.3 is 0 Å². The number of hydrogen-bond donors (Lipinski definition) is 3. The molecule has 1 saturated carbocycles. The number of nitrogens with one attached hydrogen (secondary N) is 3. The number of carbonyl (C=O) groups excluding carboxylic acids is 2. The minimum Gasteiger partial charge on any atom is -0.495 e. The van der Waals surface area contributed by atoms with E-state index in [1.807, 2.05) is 13.0 Å². The Labute approximate surface area is 236 Å². The first kappa shape index (κ1) is 27.9. The summed E-state index contributed by atoms with van der Waals surface area (Å²) >= 11 is 0. The van der Waals surface area contributed by atoms with Crippen LogP contribution in [-0.4, -0.2) is 67.7 Å². The normalized spacial score (nSPS) is 23.7. The average molecular weight is 548 g/mol. The second-order valence-corrected chi connectivity index (χ2v) is 11.4. The largest absolute Gasteiger partial charge is 0.495 e. The fraction of sp³-hybridized carbons (Fsp3) is 0.533. The van der Waals surface area contributed by atoms with Crippen molar-refractivity contribution in [3.8, 4) is 5.75 Å². The zero-order chi connectivity index (χ0) is 28.3. The van der Waals surface area contributed by atoms with E-state index in [2.05, 4.69) is 32.4 Å². The summed E-state index contributed by atoms with van der Waals surface area (Å²) in [6.07, 6.45) is 11.2. The van der Waals surface area contributed by atoms with Gasteiger partial charge in [0.1, 0.15) is 11.4 Å². The highest BCUT2D eigenvalue weighted by molar-refractivity contribution is 6.02. The summed E-state index contributed by atoms with van der Waals surface area (Å²) in [5.74, 6) is 1.50. The van der Waals surface area contributed by atoms with Crippen molar-refractivity contribution in [1.29, 1.82) is 0 Å². The van der Waals surface area contributed by atoms with Crippen LogP contribution in [0, 0.1) is 5.41 Å². The molecule has 0 unspecified atom stereocenters. The summed E-state index contributed by atoms with van der Waals surface area (Å²) in [4.78, 5) is 39.8. The predicted molar refractivity (Wildman–Crippen MR) is 158 cm³/mol. The lowest BCUT2D eigenvalue weighted by molar-refractivity contribution is -0.124. The van der Waals surface area contributed by atoms with Gasteiger partial charge in [-0.2, -0.15) is 4.98 Å². The first-order valence-corrected chi connectivity index (χ1v) is 14.3. The van der Waals surface area contributed by atoms with Gasteiger partial charge in [-0.1, -0.05) is 25.3 Å². The van der Waals surface area contributed by atoms with Crippen molar-refractivity contribution < 1.29 is 14.3 Å². The van der Waals surface area contributed by atoms with Crippen LogP contribution in [-0.2, 0) is 4.79 Å². The van der Waals surface area contributed by atoms with Crippen molar-refractivity contribution in [2.45, 2.75) is 64.0 Å². The third-order valence-electron chi connectivity index (χ3n) is 8.48. The van der Waals surface area contributed by atoms with Gasteiger partial charge in [-0.15, -0.1) is 6.58 Å². The Hall–Kier alpha value is -3.66. The van der Waals surface area contributed by atoms with Crippen molar-refractivity contribution in [2.75, 3.05) is 48.9 Å². The van der Waals surface area contributed by atoms with Gasteiger partial charge in [-0.3, -0.25) is 9.59 Å². The molecule has 2 atom stereocenters. The second-order valence-electron chi connectivity index (χ2n) is 11.4. The summed E-state index contributed by atoms with van der Waals surface area (Å²) in [6.45, 7) is 8.23. The summed E-state index contributed by atoms with van der Waals surface area (Å²) < 4.78 is 5.64. The number of ether oxygens (including phenoxy) is 1. The highest BCUT2D eigenvalue weighted by atomic mass is 16.5. The van der Waals surface area contributed by atoms with Crippen LogP contribution in [0.15, 0.2) is 37.1 Å². The van der Waals surface area contributed by atoms with Crippen LogP contribution in [0.1, 0.15) is 62.2 Å². The maximum absolute atomic E-state index is 13.5. The molecule has 0 radical (unpaired) electrons. The molecule has 40 heavy (non-hydrogen) atoms. The SMILES string of the molecule is C=C[C@@]1(C)CN(C2CCCCC2)c2nc(Nc3ccc(C(=O)N[C@@H]4CCCNC4)cc3OC)ncc2N(C)C1=O. The summed E-state index contributed by atoms with van der Waals surface area (Å²) in [5, 5.41) is 9.71. The summed E-state index contributed by atoms with van der Waals surface area (Å²) in [6, 6.07) is 5.73. The fourth-order valence-electron chi connectivity index (χ4n) is 6.01. The summed E-state index contributed by atoms with van der Waals surface area (Å²) in [7, 11) is 3.35. The predicted octanol–water partition coefficient (Wildman–Crippen LogP) is 4.02. The molecular formula is C30H41N7O3. The lowest BCUT2D eigenvalue weighted by Crippen LogP contribution is -2.47. The Morgan fingerprint density at radius 3 is 2.73 bits per heavy atom. The highest BCUT2D eigenvalue weighted by Crippen LogP contribution is 2.41. The van der Waals surface area contributed by atoms with E-state index >= 15 is 0 Å². The van der Waals surface area contributed by atoms with E-state index in [4.69, 9.17) is 9.72 Å². The number of nitrogens with zero attached hydrogens (tertiary/aromatic N) is 4. The molecule has 1 aromatic carbocycles. The minimum atomic E-state index is -0.742. The van der Waals surface area contributed by atoms with Crippen LogP contribution in [0.25, 0.3) is 0 Å². The maximum Gasteiger partial charge on any atom is 0.251 e. The maximum atomic E-state index is 13.5. The van der Waals surface area contributed by atoms with Crippen molar-refractivity contribution >= 4 is 35.0 Å². The Balaban J connectivity index is 1.43. The van der Waals surface area contributed by atoms with Crippen LogP contribution >= 0.6 is 0 Å². The molecule has 2 aromatic rings. The Kier molecular flexibility index (Phi) is 8.25. The number of hydrogen-bond acceptors (Lipinski definition) is 8. The molecule has 5 rings (SSSR count). The third-order valence-corrected chi connectivity index (χ3v) is 8.48. The van der Waals surface area contributed by atoms with Gasteiger partial charge in [0, 0.05) is 37.8 Å². The molecule has 3 heterocycles. The summed E-state index contributed by atoms with van der Waals surface area (Å²) in [5.41, 5.74) is 1.12. The first-order chi connectivity index (χ1) is 19.3. The van der Waals surface area contributed by atoms with Crippen LogP contribution in [0.2, 0.25) is 0 Å². The van der Waals surface area contributed by atoms with Crippen LogP contribution in [0.5, 0.6) is 5.75 Å². The first-order valence-electron chi connectivity index (χ1n) is 14.3. The molecule has 1 aliphatic carbocycles. The van der Waals surface area contributed by atoms with E-state index in [1.54, 1.807) is 43.5 Å². The smallest absolute Gasteiger partial charge is 0.251 e. The zero-order valence-electron chi connectivity index (χ0n) is 23.8. The van der Waals surface area contributed by atoms with E-state index in [0.717, 1.165) is 57.4 Å². The van der Waals surface area contributed by atoms with Gasteiger partial charge in [0.15, 0.2) is 5.82 Å². The molecular weight excluding hydrogens is 506 g/mol. The molecule has 0 spiro atoms. The molecule has 10 heteroatoms. The third kappa shape index (κ3) is 5.63. The molecule has 2 amide bonds. The number of methoxy groups -OCH3 is 1. The fourth-order valence-corrected chi connectivity index (χ4v) is 6.01. The van der Waals surface area contributed by atoms with Crippen molar-refractivity contribution in [1.82, 2.24) is 20.6 Å². The van der Waals surface area contributed by atoms with Crippen LogP contribution in [0.4, 0.5) is 23.1 Å². The van der Waals surface area contributed by atoms with Crippen molar-refractivity contribution in [2.24, 2.45) is 5.41 Å². The van der Waals surface area contributed by atoms with E-state index < -0.39 is 5.41 Å². The van der Waals surface area contributed by atoms with Gasteiger partial charge in [0.25, 0.3) is 5.91 Å². The highest BCUT2D eigenvalue weighted by Gasteiger charge is 2.42. The van der Waals surface area contributed by atoms with E-state index in [9.17, 15) is 9.59 Å². The van der Waals surface area contributed by atoms with Gasteiger partial charge < -0.3 is 30.5 Å². The Morgan fingerprint density at radius 2 is 2.02 bits per heavy atom. The van der Waals surface area contributed by atoms with E-state index in [1.165, 1.54) is 6.42 Å². The lowest BCUT2D eigenvalue weighted by Gasteiger charge is -2.38. The number of anilines is 4. The van der Waals surface area contributed by atoms with Crippen molar-refractivity contribution in [3.63, 3.8) is 0 Å². The molecule has 1 saturated heterocycles. The van der Waals surface area contributed by atoms with Gasteiger partial charge in [-0.25, -0.2) is 4.98 Å². The number of carbonyl (C=O) groups is 2. The van der Waals surface area contributed by atoms with E-state index in [-0.39, 0.29) is 17.9 Å². The number of benzene rings is 1. The standard InChI is InChI=1S/C30H41N7O3/c1-5-30(2)19-37(22-11-7-6-8-12-22)26-24(36(3)28(30)39)18-32-29(35-26)34-23-14-13-20(16-25(23)40-4)27(38)33-21-10-9-15-31-17-21/h5,13-14,16,18,21-22,31H,1,6-12,15,17,19H2,2-4H3,(H,33,38)(H,32,34,35)/t21-,30+/m1/s1. The number of rotatable bonds is 7. The zero-order valence-corrected chi connectivity index (χ0v) is 23.8. The monoisotopic (exact) mass is 547 g/mol. The van der Waals surface area contributed by atoms with Gasteiger partial charge in [0.05, 0.1) is 24.4 Å². The lowest BCUT2D eigenvalue weighted by atomic mass is 9.87. The number of piperidine rings is 1. The molecule has 3 aliphatic rings. The molecule has 1 aromatic heterocycles. The molecule has 214 valence electrons. The van der Waals surface area contributed by atoms with Crippen molar-refractivity contribution in [3.05, 3.63) is 42.6 Å². The quantitative estimate of drug-likeness (QED) is 0.446. The molecule has 2 aliphatic heterocycles. The number of aromatic nitrogens is 2. The molecule has 0 bridgehead atoms. The molecule has 2 fully saturated rings. The number of fused-ring (bicyclic) bond motifs is 1. The molecule has 3 N–H and O–H groups in total. The Bertz CT molecular complexity index is 1260. The van der Waals surface area contributed by atoms with Crippen LogP contribution in [0.3, 0.4) is 0 Å². The second kappa shape index (κ2) is 11.8. The van der Waals surface area contributed by atoms with E-state index in [0.29, 0.717) is 41.2 Å². The topological polar surface area (TPSA) is 112 Å². The number of amides is 2.